The lowest BCUT2D eigenvalue weighted by Gasteiger charge is -2.34. The van der Waals surface area contributed by atoms with Crippen LogP contribution >= 0.6 is 0 Å². The van der Waals surface area contributed by atoms with E-state index < -0.39 is 5.60 Å². The fourth-order valence-corrected chi connectivity index (χ4v) is 3.26. The van der Waals surface area contributed by atoms with E-state index in [4.69, 9.17) is 19.9 Å². The van der Waals surface area contributed by atoms with Crippen LogP contribution in [0.1, 0.15) is 44.1 Å². The lowest BCUT2D eigenvalue weighted by molar-refractivity contribution is 0.00503. The Morgan fingerprint density at radius 3 is 2.68 bits per heavy atom. The molecular weight excluding hydrogens is 360 g/mol. The van der Waals surface area contributed by atoms with Crippen molar-refractivity contribution in [2.45, 2.75) is 51.8 Å². The molecule has 0 radical (unpaired) electrons. The van der Waals surface area contributed by atoms with Gasteiger partial charge in [-0.15, -0.1) is 0 Å². The zero-order chi connectivity index (χ0) is 20.6. The summed E-state index contributed by atoms with van der Waals surface area (Å²) in [4.78, 5) is 14.5. The van der Waals surface area contributed by atoms with Crippen molar-refractivity contribution in [2.75, 3.05) is 46.6 Å². The summed E-state index contributed by atoms with van der Waals surface area (Å²) >= 11 is 0. The van der Waals surface area contributed by atoms with E-state index in [0.717, 1.165) is 25.9 Å². The quantitative estimate of drug-likeness (QED) is 0.474. The Bertz CT molecular complexity index is 599. The molecule has 2 unspecified atom stereocenters. The number of piperidine rings is 1. The van der Waals surface area contributed by atoms with Crippen LogP contribution in [0.3, 0.4) is 0 Å². The Morgan fingerprint density at radius 1 is 1.25 bits per heavy atom. The van der Waals surface area contributed by atoms with Gasteiger partial charge in [-0.25, -0.2) is 4.79 Å². The van der Waals surface area contributed by atoms with Crippen LogP contribution in [0.15, 0.2) is 12.3 Å². The van der Waals surface area contributed by atoms with Crippen LogP contribution in [0.4, 0.5) is 0 Å². The average molecular weight is 397 g/mol. The SMILES string of the molecule is CN1CCC(N)C(CCOCCOCCn2nccc2C(=O)OC(C)(C)C)C1. The molecule has 2 N–H and O–H groups in total. The number of hydrogen-bond donors (Lipinski definition) is 1. The van der Waals surface area contributed by atoms with Crippen LogP contribution in [-0.2, 0) is 20.8 Å². The van der Waals surface area contributed by atoms with Gasteiger partial charge in [0.15, 0.2) is 0 Å². The largest absolute Gasteiger partial charge is 0.455 e. The smallest absolute Gasteiger partial charge is 0.357 e. The summed E-state index contributed by atoms with van der Waals surface area (Å²) in [5.74, 6) is 0.130. The van der Waals surface area contributed by atoms with Gasteiger partial charge in [0.05, 0.1) is 26.4 Å². The molecule has 2 heterocycles. The predicted molar refractivity (Wildman–Crippen MR) is 107 cm³/mol. The molecule has 8 heteroatoms. The molecule has 0 aromatic carbocycles. The number of carbonyl (C=O) groups is 1. The summed E-state index contributed by atoms with van der Waals surface area (Å²) in [6.07, 6.45) is 3.64. The molecule has 1 fully saturated rings. The van der Waals surface area contributed by atoms with Crippen LogP contribution < -0.4 is 5.73 Å². The molecule has 1 saturated heterocycles. The standard InChI is InChI=1S/C20H36N4O4/c1-20(2,3)28-19(25)18-5-8-22-24(18)10-12-27-14-13-26-11-7-16-15-23(4)9-6-17(16)21/h5,8,16-17H,6-7,9-15,21H2,1-4H3. The molecule has 0 amide bonds. The predicted octanol–water partition coefficient (Wildman–Crippen LogP) is 1.54. The topological polar surface area (TPSA) is 91.8 Å². The minimum atomic E-state index is -0.531. The summed E-state index contributed by atoms with van der Waals surface area (Å²) in [6.45, 7) is 10.4. The van der Waals surface area contributed by atoms with Crippen LogP contribution in [0.2, 0.25) is 0 Å². The van der Waals surface area contributed by atoms with Crippen LogP contribution in [0.25, 0.3) is 0 Å². The number of hydrogen-bond acceptors (Lipinski definition) is 7. The maximum atomic E-state index is 12.2. The van der Waals surface area contributed by atoms with Crippen molar-refractivity contribution in [3.63, 3.8) is 0 Å². The highest BCUT2D eigenvalue weighted by molar-refractivity contribution is 5.87. The molecule has 1 aromatic heterocycles. The third-order valence-electron chi connectivity index (χ3n) is 4.77. The number of nitrogens with two attached hydrogens (primary N) is 1. The number of carbonyl (C=O) groups excluding carboxylic acids is 1. The molecule has 0 saturated carbocycles. The van der Waals surface area contributed by atoms with Crippen molar-refractivity contribution in [3.8, 4) is 0 Å². The maximum Gasteiger partial charge on any atom is 0.357 e. The van der Waals surface area contributed by atoms with E-state index in [1.165, 1.54) is 0 Å². The molecule has 0 spiro atoms. The lowest BCUT2D eigenvalue weighted by atomic mass is 9.91. The molecule has 2 rings (SSSR count). The second-order valence-electron chi connectivity index (χ2n) is 8.43. The normalized spacial score (nSPS) is 21.0. The van der Waals surface area contributed by atoms with E-state index in [9.17, 15) is 4.79 Å². The summed E-state index contributed by atoms with van der Waals surface area (Å²) in [7, 11) is 2.14. The van der Waals surface area contributed by atoms with Crippen LogP contribution in [0.5, 0.6) is 0 Å². The van der Waals surface area contributed by atoms with Gasteiger partial charge in [-0.1, -0.05) is 0 Å². The number of rotatable bonds is 10. The highest BCUT2D eigenvalue weighted by atomic mass is 16.6. The first kappa shape index (κ1) is 22.8. The first-order valence-corrected chi connectivity index (χ1v) is 10.1. The molecule has 0 aliphatic carbocycles. The maximum absolute atomic E-state index is 12.2. The molecule has 28 heavy (non-hydrogen) atoms. The lowest BCUT2D eigenvalue weighted by Crippen LogP contribution is -2.45. The number of likely N-dealkylation sites (tertiary alicyclic amines) is 1. The van der Waals surface area contributed by atoms with Crippen molar-refractivity contribution >= 4 is 5.97 Å². The minimum Gasteiger partial charge on any atom is -0.455 e. The first-order chi connectivity index (χ1) is 13.3. The number of ether oxygens (including phenoxy) is 3. The number of nitrogens with zero attached hydrogens (tertiary/aromatic N) is 3. The molecule has 8 nitrogen and oxygen atoms in total. The Kier molecular flexibility index (Phi) is 8.88. The molecule has 0 bridgehead atoms. The van der Waals surface area contributed by atoms with E-state index in [2.05, 4.69) is 17.0 Å². The van der Waals surface area contributed by atoms with Crippen molar-refractivity contribution in [1.82, 2.24) is 14.7 Å². The van der Waals surface area contributed by atoms with Gasteiger partial charge in [0, 0.05) is 25.4 Å². The monoisotopic (exact) mass is 396 g/mol. The highest BCUT2D eigenvalue weighted by Gasteiger charge is 2.24. The first-order valence-electron chi connectivity index (χ1n) is 10.1. The Morgan fingerprint density at radius 2 is 1.96 bits per heavy atom. The summed E-state index contributed by atoms with van der Waals surface area (Å²) in [5, 5.41) is 4.17. The van der Waals surface area contributed by atoms with E-state index in [0.29, 0.717) is 44.6 Å². The van der Waals surface area contributed by atoms with E-state index in [1.54, 1.807) is 16.9 Å². The summed E-state index contributed by atoms with van der Waals surface area (Å²) in [6, 6.07) is 1.94. The average Bonchev–Trinajstić information content (AvgIpc) is 3.07. The van der Waals surface area contributed by atoms with Gasteiger partial charge in [-0.3, -0.25) is 4.68 Å². The Labute approximate surface area is 168 Å². The molecule has 1 aliphatic rings. The minimum absolute atomic E-state index is 0.282. The summed E-state index contributed by atoms with van der Waals surface area (Å²) in [5.41, 5.74) is 6.09. The third kappa shape index (κ3) is 7.87. The van der Waals surface area contributed by atoms with Gasteiger partial charge in [0.25, 0.3) is 0 Å². The van der Waals surface area contributed by atoms with Gasteiger partial charge in [0.1, 0.15) is 11.3 Å². The molecule has 1 aromatic rings. The van der Waals surface area contributed by atoms with Gasteiger partial charge in [0.2, 0.25) is 0 Å². The second-order valence-corrected chi connectivity index (χ2v) is 8.43. The Balaban J connectivity index is 1.56. The van der Waals surface area contributed by atoms with Gasteiger partial charge in [-0.2, -0.15) is 5.10 Å². The number of aromatic nitrogens is 2. The molecule has 160 valence electrons. The van der Waals surface area contributed by atoms with Crippen molar-refractivity contribution in [1.29, 1.82) is 0 Å². The number of esters is 1. The fourth-order valence-electron chi connectivity index (χ4n) is 3.26. The highest BCUT2D eigenvalue weighted by Crippen LogP contribution is 2.17. The molecular formula is C20H36N4O4. The third-order valence-corrected chi connectivity index (χ3v) is 4.77. The van der Waals surface area contributed by atoms with E-state index in [-0.39, 0.29) is 12.0 Å². The molecule has 1 aliphatic heterocycles. The second kappa shape index (κ2) is 10.9. The van der Waals surface area contributed by atoms with Crippen molar-refractivity contribution in [2.24, 2.45) is 11.7 Å². The van der Waals surface area contributed by atoms with Gasteiger partial charge >= 0.3 is 5.97 Å². The van der Waals surface area contributed by atoms with Crippen molar-refractivity contribution < 1.29 is 19.0 Å². The zero-order valence-corrected chi connectivity index (χ0v) is 17.7. The van der Waals surface area contributed by atoms with Crippen LogP contribution in [0, 0.1) is 5.92 Å². The zero-order valence-electron chi connectivity index (χ0n) is 17.7. The Hall–Kier alpha value is -1.48. The summed E-state index contributed by atoms with van der Waals surface area (Å²) < 4.78 is 18.3. The molecule has 2 atom stereocenters. The van der Waals surface area contributed by atoms with E-state index in [1.807, 2.05) is 20.8 Å². The van der Waals surface area contributed by atoms with Gasteiger partial charge in [-0.05, 0) is 59.2 Å². The van der Waals surface area contributed by atoms with Crippen molar-refractivity contribution in [3.05, 3.63) is 18.0 Å². The van der Waals surface area contributed by atoms with E-state index >= 15 is 0 Å². The van der Waals surface area contributed by atoms with Gasteiger partial charge < -0.3 is 24.8 Å². The van der Waals surface area contributed by atoms with Crippen LogP contribution in [-0.4, -0.2) is 78.9 Å². The fraction of sp³-hybridized carbons (Fsp3) is 0.800.